The fourth-order valence-corrected chi connectivity index (χ4v) is 3.40. The van der Waals surface area contributed by atoms with Crippen LogP contribution in [0.15, 0.2) is 77.5 Å². The van der Waals surface area contributed by atoms with Crippen molar-refractivity contribution in [2.45, 2.75) is 32.9 Å². The summed E-state index contributed by atoms with van der Waals surface area (Å²) < 4.78 is 13.2. The predicted molar refractivity (Wildman–Crippen MR) is 131 cm³/mol. The van der Waals surface area contributed by atoms with Crippen LogP contribution in [0.5, 0.6) is 5.75 Å². The Kier molecular flexibility index (Phi) is 7.90. The molecule has 0 saturated carbocycles. The highest BCUT2D eigenvalue weighted by Crippen LogP contribution is 2.29. The van der Waals surface area contributed by atoms with E-state index in [-0.39, 0.29) is 31.4 Å². The maximum Gasteiger partial charge on any atom is 0.228 e. The minimum atomic E-state index is -0.179. The Labute approximate surface area is 203 Å². The Bertz CT molecular complexity index is 1250. The number of nitrogens with one attached hydrogen (secondary N) is 2. The lowest BCUT2D eigenvalue weighted by atomic mass is 10.1. The van der Waals surface area contributed by atoms with E-state index in [0.29, 0.717) is 41.6 Å². The number of aromatic nitrogens is 3. The number of rotatable bonds is 11. The Morgan fingerprint density at radius 3 is 2.60 bits per heavy atom. The van der Waals surface area contributed by atoms with Crippen molar-refractivity contribution < 1.29 is 18.7 Å². The monoisotopic (exact) mass is 473 g/mol. The van der Waals surface area contributed by atoms with Gasteiger partial charge in [0.25, 0.3) is 0 Å². The van der Waals surface area contributed by atoms with Crippen molar-refractivity contribution in [3.8, 4) is 17.2 Å². The molecule has 9 nitrogen and oxygen atoms in total. The van der Waals surface area contributed by atoms with Crippen molar-refractivity contribution in [3.05, 3.63) is 84.5 Å². The second-order valence-corrected chi connectivity index (χ2v) is 7.82. The van der Waals surface area contributed by atoms with Gasteiger partial charge in [-0.2, -0.15) is 5.10 Å². The molecule has 2 amide bonds. The van der Waals surface area contributed by atoms with Crippen LogP contribution in [0, 0.1) is 6.92 Å². The van der Waals surface area contributed by atoms with E-state index in [2.05, 4.69) is 20.7 Å². The maximum absolute atomic E-state index is 12.5. The van der Waals surface area contributed by atoms with Gasteiger partial charge in [-0.15, -0.1) is 0 Å². The summed E-state index contributed by atoms with van der Waals surface area (Å²) in [6.45, 7) is 2.81. The molecule has 0 bridgehead atoms. The number of nitrogens with zero attached hydrogens (tertiary/aromatic N) is 3. The van der Waals surface area contributed by atoms with Crippen LogP contribution in [0.4, 0.5) is 5.69 Å². The van der Waals surface area contributed by atoms with Crippen LogP contribution in [0.2, 0.25) is 0 Å². The number of aryl methyl sites for hydroxylation is 2. The molecule has 0 saturated heterocycles. The van der Waals surface area contributed by atoms with E-state index in [4.69, 9.17) is 9.15 Å². The summed E-state index contributed by atoms with van der Waals surface area (Å²) in [6.07, 6.45) is 4.00. The standard InChI is InChI=1S/C26H27N5O4/c1-19-23(18-27-24(32)12-16-31-15-7-14-28-31)30-26(35-19)21-10-5-6-11-22(21)29-25(33)13-17-34-20-8-3-2-4-9-20/h2-11,14-15H,12-13,16-18H2,1H3,(H,27,32)(H,29,33). The van der Waals surface area contributed by atoms with E-state index >= 15 is 0 Å². The van der Waals surface area contributed by atoms with Crippen molar-refractivity contribution in [3.63, 3.8) is 0 Å². The van der Waals surface area contributed by atoms with Crippen LogP contribution in [0.25, 0.3) is 11.5 Å². The smallest absolute Gasteiger partial charge is 0.228 e. The van der Waals surface area contributed by atoms with Crippen LogP contribution in [0.3, 0.4) is 0 Å². The number of carbonyl (C=O) groups is 2. The van der Waals surface area contributed by atoms with Crippen LogP contribution in [-0.4, -0.2) is 33.2 Å². The minimum Gasteiger partial charge on any atom is -0.493 e. The summed E-state index contributed by atoms with van der Waals surface area (Å²) in [4.78, 5) is 29.2. The molecule has 4 rings (SSSR count). The van der Waals surface area contributed by atoms with Crippen LogP contribution < -0.4 is 15.4 Å². The van der Waals surface area contributed by atoms with Gasteiger partial charge in [-0.3, -0.25) is 14.3 Å². The largest absolute Gasteiger partial charge is 0.493 e. The van der Waals surface area contributed by atoms with Gasteiger partial charge in [0.2, 0.25) is 17.7 Å². The average Bonchev–Trinajstić information content (AvgIpc) is 3.52. The fraction of sp³-hybridized carbons (Fsp3) is 0.231. The number of hydrogen-bond acceptors (Lipinski definition) is 6. The summed E-state index contributed by atoms with van der Waals surface area (Å²) in [7, 11) is 0. The lowest BCUT2D eigenvalue weighted by molar-refractivity contribution is -0.121. The normalized spacial score (nSPS) is 10.7. The number of oxazole rings is 1. The first-order valence-electron chi connectivity index (χ1n) is 11.4. The number of hydrogen-bond donors (Lipinski definition) is 2. The van der Waals surface area contributed by atoms with E-state index in [1.807, 2.05) is 60.8 Å². The first-order chi connectivity index (χ1) is 17.1. The molecule has 2 N–H and O–H groups in total. The molecule has 4 aromatic rings. The fourth-order valence-electron chi connectivity index (χ4n) is 3.40. The van der Waals surface area contributed by atoms with Gasteiger partial charge < -0.3 is 19.8 Å². The van der Waals surface area contributed by atoms with Crippen molar-refractivity contribution in [1.29, 1.82) is 0 Å². The minimum absolute atomic E-state index is 0.102. The van der Waals surface area contributed by atoms with Crippen molar-refractivity contribution >= 4 is 17.5 Å². The molecule has 0 unspecified atom stereocenters. The molecule has 0 atom stereocenters. The van der Waals surface area contributed by atoms with Gasteiger partial charge in [0.1, 0.15) is 17.2 Å². The Morgan fingerprint density at radius 1 is 1.00 bits per heavy atom. The summed E-state index contributed by atoms with van der Waals surface area (Å²) in [5.74, 6) is 1.41. The van der Waals surface area contributed by atoms with E-state index in [0.717, 1.165) is 5.75 Å². The molecule has 9 heteroatoms. The summed E-state index contributed by atoms with van der Waals surface area (Å²) in [5.41, 5.74) is 1.88. The predicted octanol–water partition coefficient (Wildman–Crippen LogP) is 3.96. The quantitative estimate of drug-likeness (QED) is 0.341. The van der Waals surface area contributed by atoms with Crippen LogP contribution in [-0.2, 0) is 22.7 Å². The van der Waals surface area contributed by atoms with E-state index in [9.17, 15) is 9.59 Å². The lowest BCUT2D eigenvalue weighted by Gasteiger charge is -2.09. The molecule has 2 heterocycles. The molecule has 0 fully saturated rings. The number of carbonyl (C=O) groups excluding carboxylic acids is 2. The molecular formula is C26H27N5O4. The molecule has 0 radical (unpaired) electrons. The third-order valence-corrected chi connectivity index (χ3v) is 5.25. The lowest BCUT2D eigenvalue weighted by Crippen LogP contribution is -2.24. The van der Waals surface area contributed by atoms with Crippen molar-refractivity contribution in [1.82, 2.24) is 20.1 Å². The van der Waals surface area contributed by atoms with Crippen LogP contribution in [0.1, 0.15) is 24.3 Å². The summed E-state index contributed by atoms with van der Waals surface area (Å²) in [5, 5.41) is 9.86. The molecule has 35 heavy (non-hydrogen) atoms. The topological polar surface area (TPSA) is 111 Å². The van der Waals surface area contributed by atoms with Gasteiger partial charge in [0, 0.05) is 25.4 Å². The zero-order valence-corrected chi connectivity index (χ0v) is 19.4. The summed E-state index contributed by atoms with van der Waals surface area (Å²) in [6, 6.07) is 18.5. The first-order valence-corrected chi connectivity index (χ1v) is 11.4. The third kappa shape index (κ3) is 6.80. The maximum atomic E-state index is 12.5. The first kappa shape index (κ1) is 23.7. The summed E-state index contributed by atoms with van der Waals surface area (Å²) >= 11 is 0. The number of ether oxygens (including phenoxy) is 1. The Morgan fingerprint density at radius 2 is 1.80 bits per heavy atom. The molecule has 180 valence electrons. The highest BCUT2D eigenvalue weighted by Gasteiger charge is 2.16. The SMILES string of the molecule is Cc1oc(-c2ccccc2NC(=O)CCOc2ccccc2)nc1CNC(=O)CCn1cccn1. The number of anilines is 1. The van der Waals surface area contributed by atoms with Gasteiger partial charge in [-0.1, -0.05) is 30.3 Å². The Balaban J connectivity index is 1.33. The van der Waals surface area contributed by atoms with Gasteiger partial charge >= 0.3 is 0 Å². The molecule has 0 spiro atoms. The van der Waals surface area contributed by atoms with Gasteiger partial charge in [0.15, 0.2) is 0 Å². The molecule has 0 aliphatic rings. The highest BCUT2D eigenvalue weighted by atomic mass is 16.5. The second-order valence-electron chi connectivity index (χ2n) is 7.82. The highest BCUT2D eigenvalue weighted by molar-refractivity contribution is 5.94. The molecule has 2 aromatic carbocycles. The number of amides is 2. The molecule has 0 aliphatic heterocycles. The van der Waals surface area contributed by atoms with Crippen molar-refractivity contribution in [2.75, 3.05) is 11.9 Å². The average molecular weight is 474 g/mol. The molecule has 0 aliphatic carbocycles. The van der Waals surface area contributed by atoms with E-state index in [1.165, 1.54) is 0 Å². The van der Waals surface area contributed by atoms with Gasteiger partial charge in [0.05, 0.1) is 30.8 Å². The second kappa shape index (κ2) is 11.6. The number of para-hydroxylation sites is 2. The molecular weight excluding hydrogens is 446 g/mol. The zero-order valence-electron chi connectivity index (χ0n) is 19.4. The van der Waals surface area contributed by atoms with Gasteiger partial charge in [-0.25, -0.2) is 4.98 Å². The Hall–Kier alpha value is -4.40. The number of benzene rings is 2. The van der Waals surface area contributed by atoms with E-state index in [1.54, 1.807) is 23.9 Å². The molecule has 2 aromatic heterocycles. The van der Waals surface area contributed by atoms with Gasteiger partial charge in [-0.05, 0) is 37.3 Å². The zero-order chi connectivity index (χ0) is 24.5. The van der Waals surface area contributed by atoms with Crippen LogP contribution >= 0.6 is 0 Å². The van der Waals surface area contributed by atoms with Crippen molar-refractivity contribution in [2.24, 2.45) is 0 Å². The third-order valence-electron chi connectivity index (χ3n) is 5.25. The van der Waals surface area contributed by atoms with E-state index < -0.39 is 0 Å².